The van der Waals surface area contributed by atoms with Gasteiger partial charge in [-0.05, 0) is 67.8 Å². The summed E-state index contributed by atoms with van der Waals surface area (Å²) in [6.45, 7) is 5.05. The normalized spacial score (nSPS) is 12.6. The summed E-state index contributed by atoms with van der Waals surface area (Å²) in [5.74, 6) is -0.692. The first kappa shape index (κ1) is 35.8. The van der Waals surface area contributed by atoms with E-state index in [0.717, 1.165) is 15.4 Å². The van der Waals surface area contributed by atoms with Crippen molar-refractivity contribution in [3.63, 3.8) is 0 Å². The number of sulfonamides is 1. The third kappa shape index (κ3) is 9.06. The van der Waals surface area contributed by atoms with Crippen LogP contribution >= 0.6 is 23.2 Å². The molecule has 248 valence electrons. The van der Waals surface area contributed by atoms with E-state index in [1.54, 1.807) is 54.6 Å². The summed E-state index contributed by atoms with van der Waals surface area (Å²) in [6, 6.07) is 26.2. The molecule has 0 spiro atoms. The number of halogens is 2. The van der Waals surface area contributed by atoms with Gasteiger partial charge in [-0.25, -0.2) is 8.42 Å². The van der Waals surface area contributed by atoms with Crippen molar-refractivity contribution in [2.45, 2.75) is 57.1 Å². The number of methoxy groups -OCH3 is 1. The van der Waals surface area contributed by atoms with Gasteiger partial charge in [0, 0.05) is 19.0 Å². The lowest BCUT2D eigenvalue weighted by Crippen LogP contribution is -2.54. The zero-order valence-corrected chi connectivity index (χ0v) is 29.1. The molecule has 0 aromatic heterocycles. The number of amides is 2. The molecule has 0 radical (unpaired) electrons. The number of hydrogen-bond acceptors (Lipinski definition) is 5. The molecular weight excluding hydrogens is 657 g/mol. The van der Waals surface area contributed by atoms with E-state index < -0.39 is 28.5 Å². The van der Waals surface area contributed by atoms with Gasteiger partial charge < -0.3 is 15.0 Å². The van der Waals surface area contributed by atoms with Crippen molar-refractivity contribution < 1.29 is 22.7 Å². The van der Waals surface area contributed by atoms with Gasteiger partial charge in [0.15, 0.2) is 0 Å². The van der Waals surface area contributed by atoms with Gasteiger partial charge in [-0.3, -0.25) is 13.9 Å². The molecule has 1 N–H and O–H groups in total. The first-order valence-corrected chi connectivity index (χ1v) is 17.4. The van der Waals surface area contributed by atoms with Crippen LogP contribution in [0.2, 0.25) is 10.0 Å². The number of nitrogens with one attached hydrogen (secondary N) is 1. The lowest BCUT2D eigenvalue weighted by atomic mass is 10.0. The van der Waals surface area contributed by atoms with Crippen LogP contribution in [0.3, 0.4) is 0 Å². The summed E-state index contributed by atoms with van der Waals surface area (Å²) >= 11 is 12.6. The maximum atomic E-state index is 14.6. The number of anilines is 1. The Morgan fingerprint density at radius 3 is 2.17 bits per heavy atom. The Bertz CT molecular complexity index is 1790. The molecule has 0 saturated carbocycles. The van der Waals surface area contributed by atoms with Crippen LogP contribution in [0.5, 0.6) is 5.75 Å². The number of benzene rings is 4. The number of para-hydroxylation sites is 2. The molecule has 0 fully saturated rings. The van der Waals surface area contributed by atoms with Gasteiger partial charge in [0.1, 0.15) is 18.3 Å². The largest absolute Gasteiger partial charge is 0.495 e. The molecule has 0 bridgehead atoms. The highest BCUT2D eigenvalue weighted by molar-refractivity contribution is 7.92. The third-order valence-corrected chi connectivity index (χ3v) is 10.4. The van der Waals surface area contributed by atoms with Crippen molar-refractivity contribution in [2.24, 2.45) is 0 Å². The number of nitrogens with zero attached hydrogens (tertiary/aromatic N) is 2. The smallest absolute Gasteiger partial charge is 0.264 e. The molecule has 2 unspecified atom stereocenters. The molecule has 2 amide bonds. The summed E-state index contributed by atoms with van der Waals surface area (Å²) in [7, 11) is -2.84. The quantitative estimate of drug-likeness (QED) is 0.152. The molecule has 0 aliphatic carbocycles. The van der Waals surface area contributed by atoms with Crippen molar-refractivity contribution in [1.29, 1.82) is 0 Å². The average Bonchev–Trinajstić information content (AvgIpc) is 3.07. The van der Waals surface area contributed by atoms with Gasteiger partial charge in [-0.2, -0.15) is 0 Å². The summed E-state index contributed by atoms with van der Waals surface area (Å²) in [5.41, 5.74) is 2.51. The molecular formula is C36H39Cl2N3O5S. The van der Waals surface area contributed by atoms with Crippen LogP contribution < -0.4 is 14.4 Å². The van der Waals surface area contributed by atoms with Crippen LogP contribution in [0.15, 0.2) is 102 Å². The predicted octanol–water partition coefficient (Wildman–Crippen LogP) is 7.06. The van der Waals surface area contributed by atoms with Crippen LogP contribution in [0, 0.1) is 6.92 Å². The number of rotatable bonds is 14. The SMILES string of the molecule is CCC(C)NC(=O)C(Cc1ccccc1)N(Cc1ccc(Cl)c(Cl)c1)C(=O)CN(c1ccccc1OC)S(=O)(=O)c1ccc(C)cc1. The number of ether oxygens (including phenoxy) is 1. The van der Waals surface area contributed by atoms with Crippen LogP contribution in [0.25, 0.3) is 0 Å². The fourth-order valence-corrected chi connectivity index (χ4v) is 6.76. The molecule has 11 heteroatoms. The maximum absolute atomic E-state index is 14.6. The standard InChI is InChI=1S/C36H39Cl2N3O5S/c1-5-26(3)39-36(43)33(22-27-11-7-6-8-12-27)40(23-28-17-20-30(37)31(38)21-28)35(42)24-41(32-13-9-10-14-34(32)46-4)47(44,45)29-18-15-25(2)16-19-29/h6-21,26,33H,5,22-24H2,1-4H3,(H,39,43). The Hall–Kier alpha value is -4.05. The number of aryl methyl sites for hydroxylation is 1. The van der Waals surface area contributed by atoms with Gasteiger partial charge in [-0.1, -0.05) is 96.4 Å². The fraction of sp³-hybridized carbons (Fsp3) is 0.278. The number of carbonyl (C=O) groups excluding carboxylic acids is 2. The first-order valence-electron chi connectivity index (χ1n) is 15.2. The van der Waals surface area contributed by atoms with Crippen LogP contribution in [0.4, 0.5) is 5.69 Å². The number of hydrogen-bond donors (Lipinski definition) is 1. The Morgan fingerprint density at radius 2 is 1.53 bits per heavy atom. The van der Waals surface area contributed by atoms with E-state index in [-0.39, 0.29) is 46.3 Å². The number of carbonyl (C=O) groups is 2. The Kier molecular flexibility index (Phi) is 12.3. The zero-order valence-electron chi connectivity index (χ0n) is 26.8. The van der Waals surface area contributed by atoms with Crippen molar-refractivity contribution in [1.82, 2.24) is 10.2 Å². The van der Waals surface area contributed by atoms with Gasteiger partial charge in [0.25, 0.3) is 10.0 Å². The van der Waals surface area contributed by atoms with Crippen LogP contribution in [-0.2, 0) is 32.6 Å². The van der Waals surface area contributed by atoms with Gasteiger partial charge in [0.05, 0.1) is 27.7 Å². The Labute approximate surface area is 287 Å². The molecule has 0 aliphatic rings. The highest BCUT2D eigenvalue weighted by Gasteiger charge is 2.35. The fourth-order valence-electron chi connectivity index (χ4n) is 5.02. The molecule has 4 aromatic carbocycles. The molecule has 0 saturated heterocycles. The maximum Gasteiger partial charge on any atom is 0.264 e. The molecule has 4 rings (SSSR count). The van der Waals surface area contributed by atoms with E-state index in [2.05, 4.69) is 5.32 Å². The van der Waals surface area contributed by atoms with Crippen molar-refractivity contribution >= 4 is 50.7 Å². The minimum atomic E-state index is -4.28. The zero-order chi connectivity index (χ0) is 34.1. The summed E-state index contributed by atoms with van der Waals surface area (Å²) in [4.78, 5) is 30.0. The van der Waals surface area contributed by atoms with E-state index in [1.165, 1.54) is 24.1 Å². The highest BCUT2D eigenvalue weighted by Crippen LogP contribution is 2.33. The Morgan fingerprint density at radius 1 is 0.872 bits per heavy atom. The van der Waals surface area contributed by atoms with E-state index in [4.69, 9.17) is 27.9 Å². The summed E-state index contributed by atoms with van der Waals surface area (Å²) < 4.78 is 35.1. The van der Waals surface area contributed by atoms with Crippen molar-refractivity contribution in [2.75, 3.05) is 18.0 Å². The van der Waals surface area contributed by atoms with E-state index in [9.17, 15) is 18.0 Å². The molecule has 4 aromatic rings. The first-order chi connectivity index (χ1) is 22.4. The van der Waals surface area contributed by atoms with Crippen LogP contribution in [0.1, 0.15) is 37.0 Å². The minimum Gasteiger partial charge on any atom is -0.495 e. The lowest BCUT2D eigenvalue weighted by molar-refractivity contribution is -0.140. The van der Waals surface area contributed by atoms with E-state index >= 15 is 0 Å². The minimum absolute atomic E-state index is 0.00758. The van der Waals surface area contributed by atoms with Crippen molar-refractivity contribution in [3.05, 3.63) is 124 Å². The molecule has 0 aliphatic heterocycles. The highest BCUT2D eigenvalue weighted by atomic mass is 35.5. The second-order valence-electron chi connectivity index (χ2n) is 11.3. The molecule has 2 atom stereocenters. The summed E-state index contributed by atoms with van der Waals surface area (Å²) in [5, 5.41) is 3.66. The average molecular weight is 697 g/mol. The van der Waals surface area contributed by atoms with Crippen LogP contribution in [-0.4, -0.2) is 50.9 Å². The summed E-state index contributed by atoms with van der Waals surface area (Å²) in [6.07, 6.45) is 0.871. The van der Waals surface area contributed by atoms with Crippen molar-refractivity contribution in [3.8, 4) is 5.75 Å². The van der Waals surface area contributed by atoms with Gasteiger partial charge in [0.2, 0.25) is 11.8 Å². The van der Waals surface area contributed by atoms with Gasteiger partial charge >= 0.3 is 0 Å². The monoisotopic (exact) mass is 695 g/mol. The molecule has 47 heavy (non-hydrogen) atoms. The molecule has 8 nitrogen and oxygen atoms in total. The predicted molar refractivity (Wildman–Crippen MR) is 188 cm³/mol. The molecule has 0 heterocycles. The van der Waals surface area contributed by atoms with E-state index in [0.29, 0.717) is 17.0 Å². The lowest BCUT2D eigenvalue weighted by Gasteiger charge is -2.34. The third-order valence-electron chi connectivity index (χ3n) is 7.85. The van der Waals surface area contributed by atoms with E-state index in [1.807, 2.05) is 51.1 Å². The second-order valence-corrected chi connectivity index (χ2v) is 14.0. The second kappa shape index (κ2) is 16.2. The van der Waals surface area contributed by atoms with Gasteiger partial charge in [-0.15, -0.1) is 0 Å². The Balaban J connectivity index is 1.85. The topological polar surface area (TPSA) is 96.0 Å².